The Morgan fingerprint density at radius 2 is 1.62 bits per heavy atom. The minimum absolute atomic E-state index is 0.327. The van der Waals surface area contributed by atoms with Crippen LogP contribution >= 0.6 is 15.9 Å². The molecule has 0 aliphatic carbocycles. The van der Waals surface area contributed by atoms with Crippen LogP contribution in [0.3, 0.4) is 0 Å². The molecule has 0 spiro atoms. The van der Waals surface area contributed by atoms with E-state index in [2.05, 4.69) is 22.9 Å². The van der Waals surface area contributed by atoms with Crippen LogP contribution in [0.1, 0.15) is 56.6 Å². The number of cyclic esters (lactones) is 1. The summed E-state index contributed by atoms with van der Waals surface area (Å²) in [7, 11) is 0. The Morgan fingerprint density at radius 1 is 0.931 bits per heavy atom. The average molecular weight is 455 g/mol. The number of carbonyl (C=O) groups is 1. The molecular weight excluding hydrogens is 428 g/mol. The molecule has 0 N–H and O–H groups in total. The van der Waals surface area contributed by atoms with E-state index in [1.54, 1.807) is 6.08 Å². The first-order valence-electron chi connectivity index (χ1n) is 10.3. The summed E-state index contributed by atoms with van der Waals surface area (Å²) in [5, 5.41) is 0. The van der Waals surface area contributed by atoms with Crippen LogP contribution in [0.5, 0.6) is 5.75 Å². The molecule has 29 heavy (non-hydrogen) atoms. The fraction of sp³-hybridized carbons (Fsp3) is 0.320. The summed E-state index contributed by atoms with van der Waals surface area (Å²) in [5.41, 5.74) is 2.37. The van der Waals surface area contributed by atoms with Gasteiger partial charge in [-0.25, -0.2) is 4.79 Å². The second-order valence-corrected chi connectivity index (χ2v) is 8.11. The number of benzene rings is 2. The van der Waals surface area contributed by atoms with Crippen molar-refractivity contribution in [3.05, 3.63) is 75.8 Å². The molecule has 0 saturated heterocycles. The molecule has 0 aromatic heterocycles. The second-order valence-electron chi connectivity index (χ2n) is 7.19. The molecule has 1 heterocycles. The van der Waals surface area contributed by atoms with Gasteiger partial charge in [-0.15, -0.1) is 0 Å². The smallest absolute Gasteiger partial charge is 0.343 e. The highest BCUT2D eigenvalue weighted by molar-refractivity contribution is 9.10. The molecule has 0 saturated carbocycles. The van der Waals surface area contributed by atoms with E-state index in [9.17, 15) is 4.79 Å². The van der Waals surface area contributed by atoms with Crippen molar-refractivity contribution in [1.82, 2.24) is 0 Å². The Labute approximate surface area is 181 Å². The van der Waals surface area contributed by atoms with Gasteiger partial charge >= 0.3 is 5.97 Å². The molecule has 2 aromatic carbocycles. The summed E-state index contributed by atoms with van der Waals surface area (Å²) in [6.07, 6.45) is 11.1. The molecule has 0 bridgehead atoms. The molecule has 0 atom stereocenters. The van der Waals surface area contributed by atoms with Crippen LogP contribution < -0.4 is 4.74 Å². The zero-order chi connectivity index (χ0) is 20.5. The summed E-state index contributed by atoms with van der Waals surface area (Å²) in [4.78, 5) is 12.2. The van der Waals surface area contributed by atoms with Crippen LogP contribution in [0.25, 0.3) is 11.8 Å². The van der Waals surface area contributed by atoms with Gasteiger partial charge in [-0.2, -0.15) is 0 Å². The molecular formula is C25H27BrO3. The summed E-state index contributed by atoms with van der Waals surface area (Å²) in [6.45, 7) is 2.98. The van der Waals surface area contributed by atoms with Gasteiger partial charge in [0, 0.05) is 10.0 Å². The summed E-state index contributed by atoms with van der Waals surface area (Å²) >= 11 is 3.41. The fourth-order valence-corrected chi connectivity index (χ4v) is 3.42. The van der Waals surface area contributed by atoms with E-state index >= 15 is 0 Å². The SMILES string of the molecule is CCCCCCCCOc1ccc(/C=C2/C=C(c3ccc(Br)cc3)OC2=O)cc1. The van der Waals surface area contributed by atoms with Crippen molar-refractivity contribution >= 4 is 33.7 Å². The molecule has 0 unspecified atom stereocenters. The number of hydrogen-bond acceptors (Lipinski definition) is 3. The van der Waals surface area contributed by atoms with Crippen molar-refractivity contribution < 1.29 is 14.3 Å². The van der Waals surface area contributed by atoms with Crippen LogP contribution in [0.15, 0.2) is 64.7 Å². The normalized spacial score (nSPS) is 14.8. The zero-order valence-corrected chi connectivity index (χ0v) is 18.4. The van der Waals surface area contributed by atoms with Crippen LogP contribution in [0, 0.1) is 0 Å². The van der Waals surface area contributed by atoms with Gasteiger partial charge in [0.1, 0.15) is 11.5 Å². The van der Waals surface area contributed by atoms with Crippen LogP contribution in [0.2, 0.25) is 0 Å². The number of unbranched alkanes of at least 4 members (excludes halogenated alkanes) is 5. The molecule has 0 amide bonds. The monoisotopic (exact) mass is 454 g/mol. The molecule has 2 aromatic rings. The Morgan fingerprint density at radius 3 is 2.34 bits per heavy atom. The minimum atomic E-state index is -0.327. The first-order valence-corrected chi connectivity index (χ1v) is 11.1. The predicted molar refractivity (Wildman–Crippen MR) is 122 cm³/mol. The number of rotatable bonds is 10. The van der Waals surface area contributed by atoms with Gasteiger partial charge in [0.25, 0.3) is 0 Å². The molecule has 4 heteroatoms. The molecule has 3 nitrogen and oxygen atoms in total. The lowest BCUT2D eigenvalue weighted by Gasteiger charge is -2.06. The Kier molecular flexibility index (Phi) is 8.12. The van der Waals surface area contributed by atoms with E-state index < -0.39 is 0 Å². The maximum absolute atomic E-state index is 12.2. The lowest BCUT2D eigenvalue weighted by Crippen LogP contribution is -1.98. The molecule has 1 aliphatic heterocycles. The molecule has 152 valence electrons. The Bertz CT molecular complexity index is 864. The molecule has 0 radical (unpaired) electrons. The topological polar surface area (TPSA) is 35.5 Å². The van der Waals surface area contributed by atoms with Gasteiger partial charge in [0.2, 0.25) is 0 Å². The van der Waals surface area contributed by atoms with Crippen molar-refractivity contribution in [2.24, 2.45) is 0 Å². The number of ether oxygens (including phenoxy) is 2. The van der Waals surface area contributed by atoms with Crippen molar-refractivity contribution in [2.45, 2.75) is 45.4 Å². The number of carbonyl (C=O) groups excluding carboxylic acids is 1. The van der Waals surface area contributed by atoms with E-state index in [-0.39, 0.29) is 5.97 Å². The van der Waals surface area contributed by atoms with Gasteiger partial charge in [-0.1, -0.05) is 79.2 Å². The zero-order valence-electron chi connectivity index (χ0n) is 16.8. The third-order valence-electron chi connectivity index (χ3n) is 4.82. The van der Waals surface area contributed by atoms with Crippen LogP contribution in [0.4, 0.5) is 0 Å². The van der Waals surface area contributed by atoms with Crippen LogP contribution in [-0.4, -0.2) is 12.6 Å². The van der Waals surface area contributed by atoms with Crippen molar-refractivity contribution in [3.63, 3.8) is 0 Å². The number of halogens is 1. The number of hydrogen-bond donors (Lipinski definition) is 0. The van der Waals surface area contributed by atoms with Gasteiger partial charge in [-0.05, 0) is 48.4 Å². The standard InChI is InChI=1S/C25H27BrO3/c1-2-3-4-5-6-7-16-28-23-14-8-19(9-15-23)17-21-18-24(29-25(21)27)20-10-12-22(26)13-11-20/h8-15,17-18H,2-7,16H2,1H3/b21-17-. The van der Waals surface area contributed by atoms with Gasteiger partial charge in [-0.3, -0.25) is 0 Å². The summed E-state index contributed by atoms with van der Waals surface area (Å²) in [5.74, 6) is 1.11. The minimum Gasteiger partial charge on any atom is -0.494 e. The van der Waals surface area contributed by atoms with Crippen molar-refractivity contribution in [2.75, 3.05) is 6.61 Å². The molecule has 3 rings (SSSR count). The summed E-state index contributed by atoms with van der Waals surface area (Å²) in [6, 6.07) is 15.5. The highest BCUT2D eigenvalue weighted by Gasteiger charge is 2.21. The molecule has 0 fully saturated rings. The van der Waals surface area contributed by atoms with E-state index in [4.69, 9.17) is 9.47 Å². The van der Waals surface area contributed by atoms with E-state index in [1.807, 2.05) is 54.6 Å². The van der Waals surface area contributed by atoms with E-state index in [0.29, 0.717) is 11.3 Å². The first kappa shape index (κ1) is 21.4. The second kappa shape index (κ2) is 11.0. The maximum Gasteiger partial charge on any atom is 0.343 e. The van der Waals surface area contributed by atoms with Gasteiger partial charge in [0.05, 0.1) is 12.2 Å². The first-order chi connectivity index (χ1) is 14.2. The highest BCUT2D eigenvalue weighted by atomic mass is 79.9. The highest BCUT2D eigenvalue weighted by Crippen LogP contribution is 2.28. The predicted octanol–water partition coefficient (Wildman–Crippen LogP) is 7.17. The van der Waals surface area contributed by atoms with E-state index in [1.165, 1.54) is 32.1 Å². The Hall–Kier alpha value is -2.33. The number of esters is 1. The fourth-order valence-electron chi connectivity index (χ4n) is 3.16. The maximum atomic E-state index is 12.2. The Balaban J connectivity index is 1.53. The third kappa shape index (κ3) is 6.60. The van der Waals surface area contributed by atoms with Crippen molar-refractivity contribution in [1.29, 1.82) is 0 Å². The largest absolute Gasteiger partial charge is 0.494 e. The van der Waals surface area contributed by atoms with Crippen LogP contribution in [-0.2, 0) is 9.53 Å². The average Bonchev–Trinajstić information content (AvgIpc) is 3.09. The van der Waals surface area contributed by atoms with Gasteiger partial charge < -0.3 is 9.47 Å². The quantitative estimate of drug-likeness (QED) is 0.216. The van der Waals surface area contributed by atoms with E-state index in [0.717, 1.165) is 34.4 Å². The summed E-state index contributed by atoms with van der Waals surface area (Å²) < 4.78 is 12.2. The molecule has 1 aliphatic rings. The van der Waals surface area contributed by atoms with Gasteiger partial charge in [0.15, 0.2) is 0 Å². The lowest BCUT2D eigenvalue weighted by molar-refractivity contribution is -0.130. The van der Waals surface area contributed by atoms with Crippen molar-refractivity contribution in [3.8, 4) is 5.75 Å². The third-order valence-corrected chi connectivity index (χ3v) is 5.35. The lowest BCUT2D eigenvalue weighted by atomic mass is 10.1.